The number of amides is 2. The number of fused-ring (bicyclic) bond motifs is 1. The highest BCUT2D eigenvalue weighted by Crippen LogP contribution is 2.40. The van der Waals surface area contributed by atoms with Gasteiger partial charge >= 0.3 is 6.18 Å². The number of rotatable bonds is 4. The van der Waals surface area contributed by atoms with Gasteiger partial charge in [0.05, 0.1) is 35.0 Å². The van der Waals surface area contributed by atoms with E-state index in [-0.39, 0.29) is 18.0 Å². The Hall–Kier alpha value is -2.73. The van der Waals surface area contributed by atoms with Crippen LogP contribution in [0.5, 0.6) is 0 Å². The fourth-order valence-corrected chi connectivity index (χ4v) is 4.76. The van der Waals surface area contributed by atoms with Crippen molar-refractivity contribution in [2.75, 3.05) is 36.5 Å². The summed E-state index contributed by atoms with van der Waals surface area (Å²) < 4.78 is 45.5. The second-order valence-corrected chi connectivity index (χ2v) is 8.73. The van der Waals surface area contributed by atoms with E-state index in [1.807, 2.05) is 4.90 Å². The lowest BCUT2D eigenvalue weighted by molar-refractivity contribution is -0.172. The maximum absolute atomic E-state index is 13.4. The Balaban J connectivity index is 1.80. The quantitative estimate of drug-likeness (QED) is 0.740. The van der Waals surface area contributed by atoms with Crippen molar-refractivity contribution < 1.29 is 27.5 Å². The average molecular weight is 469 g/mol. The Labute approximate surface area is 186 Å². The molecule has 4 heterocycles. The minimum atomic E-state index is -4.53. The van der Waals surface area contributed by atoms with E-state index in [0.717, 1.165) is 11.8 Å². The Kier molecular flexibility index (Phi) is 5.84. The summed E-state index contributed by atoms with van der Waals surface area (Å²) in [5.41, 5.74) is 1.83. The minimum Gasteiger partial charge on any atom is -0.378 e. The third-order valence-corrected chi connectivity index (χ3v) is 6.56. The number of aryl methyl sites for hydroxylation is 1. The lowest BCUT2D eigenvalue weighted by Crippen LogP contribution is -2.44. The Bertz CT molecular complexity index is 1070. The number of ether oxygens (including phenoxy) is 1. The first-order valence-electron chi connectivity index (χ1n) is 10.1. The lowest BCUT2D eigenvalue weighted by atomic mass is 10.1. The summed E-state index contributed by atoms with van der Waals surface area (Å²) in [5.74, 6) is -0.578. The first-order valence-corrected chi connectivity index (χ1v) is 10.9. The van der Waals surface area contributed by atoms with Crippen LogP contribution in [0.3, 0.4) is 0 Å². The molecule has 1 atom stereocenters. The predicted octanol–water partition coefficient (Wildman–Crippen LogP) is 3.22. The summed E-state index contributed by atoms with van der Waals surface area (Å²) in [6, 6.07) is -0.266. The zero-order chi connectivity index (χ0) is 23.2. The zero-order valence-electron chi connectivity index (χ0n) is 17.7. The van der Waals surface area contributed by atoms with Crippen molar-refractivity contribution >= 4 is 34.1 Å². The molecule has 32 heavy (non-hydrogen) atoms. The number of carbonyl (C=O) groups excluding carboxylic acids is 2. The monoisotopic (exact) mass is 469 g/mol. The number of aromatic nitrogens is 2. The maximum atomic E-state index is 13.4. The highest BCUT2D eigenvalue weighted by molar-refractivity contribution is 7.19. The van der Waals surface area contributed by atoms with Crippen molar-refractivity contribution in [3.05, 3.63) is 22.9 Å². The maximum Gasteiger partial charge on any atom is 0.408 e. The van der Waals surface area contributed by atoms with Gasteiger partial charge in [0.15, 0.2) is 5.13 Å². The molecule has 4 rings (SSSR count). The molecule has 0 aliphatic carbocycles. The Morgan fingerprint density at radius 1 is 1.28 bits per heavy atom. The molecule has 172 valence electrons. The van der Waals surface area contributed by atoms with Gasteiger partial charge in [-0.3, -0.25) is 9.59 Å². The van der Waals surface area contributed by atoms with Crippen LogP contribution < -0.4 is 10.2 Å². The molecular weight excluding hydrogens is 447 g/mol. The Morgan fingerprint density at radius 2 is 1.97 bits per heavy atom. The van der Waals surface area contributed by atoms with Gasteiger partial charge in [-0.1, -0.05) is 11.3 Å². The number of thiazole rings is 1. The van der Waals surface area contributed by atoms with E-state index in [0.29, 0.717) is 59.1 Å². The van der Waals surface area contributed by atoms with Gasteiger partial charge in [0.1, 0.15) is 11.9 Å². The van der Waals surface area contributed by atoms with Gasteiger partial charge in [0.2, 0.25) is 5.91 Å². The van der Waals surface area contributed by atoms with Crippen molar-refractivity contribution in [2.45, 2.75) is 39.5 Å². The highest BCUT2D eigenvalue weighted by atomic mass is 32.1. The van der Waals surface area contributed by atoms with E-state index in [1.165, 1.54) is 18.3 Å². The van der Waals surface area contributed by atoms with Crippen LogP contribution in [0, 0.1) is 6.92 Å². The summed E-state index contributed by atoms with van der Waals surface area (Å²) in [4.78, 5) is 36.9. The number of carbonyl (C=O) groups is 2. The number of morpholine rings is 1. The molecule has 0 saturated carbocycles. The lowest BCUT2D eigenvalue weighted by Gasteiger charge is -2.30. The molecule has 8 nitrogen and oxygen atoms in total. The first-order chi connectivity index (χ1) is 15.1. The number of pyridine rings is 1. The molecule has 2 aliphatic rings. The van der Waals surface area contributed by atoms with E-state index in [9.17, 15) is 22.8 Å². The van der Waals surface area contributed by atoms with Gasteiger partial charge in [-0.2, -0.15) is 13.2 Å². The van der Waals surface area contributed by atoms with Crippen molar-refractivity contribution in [2.24, 2.45) is 0 Å². The van der Waals surface area contributed by atoms with Crippen molar-refractivity contribution in [3.8, 4) is 10.6 Å². The van der Waals surface area contributed by atoms with Gasteiger partial charge in [0.25, 0.3) is 5.91 Å². The van der Waals surface area contributed by atoms with Crippen LogP contribution in [0.25, 0.3) is 10.6 Å². The largest absolute Gasteiger partial charge is 0.408 e. The smallest absolute Gasteiger partial charge is 0.378 e. The van der Waals surface area contributed by atoms with E-state index in [2.05, 4.69) is 10.3 Å². The molecule has 1 fully saturated rings. The first kappa shape index (κ1) is 22.5. The molecule has 0 spiro atoms. The summed E-state index contributed by atoms with van der Waals surface area (Å²) in [5, 5.41) is 3.04. The van der Waals surface area contributed by atoms with Gasteiger partial charge in [-0.25, -0.2) is 9.97 Å². The number of alkyl halides is 3. The molecule has 0 radical (unpaired) electrons. The van der Waals surface area contributed by atoms with E-state index >= 15 is 0 Å². The minimum absolute atomic E-state index is 0.155. The highest BCUT2D eigenvalue weighted by Gasteiger charge is 2.46. The molecule has 2 aromatic rings. The van der Waals surface area contributed by atoms with Crippen LogP contribution in [0.15, 0.2) is 6.07 Å². The number of nitrogens with one attached hydrogen (secondary N) is 1. The summed E-state index contributed by atoms with van der Waals surface area (Å²) in [7, 11) is 0. The molecule has 0 bridgehead atoms. The standard InChI is InChI=1S/C20H22F3N5O3S/c1-10-16(32-19(24-10)25-12(3)29)14-8-13-9-28(11(2)20(21,22)23)18(30)15(13)17(26-14)27-4-6-31-7-5-27/h8,11H,4-7,9H2,1-3H3,(H,24,25,29)/t11-/m1/s1. The second-order valence-electron chi connectivity index (χ2n) is 7.73. The SMILES string of the molecule is CC(=O)Nc1nc(C)c(-c2cc3c(c(N4CCOCC4)n2)C(=O)N([C@H](C)C(F)(F)F)C3)s1. The van der Waals surface area contributed by atoms with E-state index in [1.54, 1.807) is 13.0 Å². The van der Waals surface area contributed by atoms with Crippen molar-refractivity contribution in [3.63, 3.8) is 0 Å². The number of halogens is 3. The third kappa shape index (κ3) is 4.16. The number of nitrogens with zero attached hydrogens (tertiary/aromatic N) is 4. The molecule has 2 amide bonds. The molecule has 2 aromatic heterocycles. The van der Waals surface area contributed by atoms with Crippen LogP contribution >= 0.6 is 11.3 Å². The van der Waals surface area contributed by atoms with Crippen LogP contribution in [0.4, 0.5) is 24.1 Å². The van der Waals surface area contributed by atoms with E-state index in [4.69, 9.17) is 9.72 Å². The fraction of sp³-hybridized carbons (Fsp3) is 0.500. The van der Waals surface area contributed by atoms with Crippen LogP contribution in [-0.4, -0.2) is 65.2 Å². The van der Waals surface area contributed by atoms with Crippen molar-refractivity contribution in [1.29, 1.82) is 0 Å². The Morgan fingerprint density at radius 3 is 2.59 bits per heavy atom. The fourth-order valence-electron chi connectivity index (χ4n) is 3.79. The van der Waals surface area contributed by atoms with Crippen LogP contribution in [0.2, 0.25) is 0 Å². The zero-order valence-corrected chi connectivity index (χ0v) is 18.6. The summed E-state index contributed by atoms with van der Waals surface area (Å²) >= 11 is 1.23. The molecule has 0 unspecified atom stereocenters. The summed E-state index contributed by atoms with van der Waals surface area (Å²) in [6.45, 7) is 5.80. The third-order valence-electron chi connectivity index (χ3n) is 5.46. The van der Waals surface area contributed by atoms with Crippen LogP contribution in [0.1, 0.15) is 35.5 Å². The van der Waals surface area contributed by atoms with Gasteiger partial charge in [-0.15, -0.1) is 0 Å². The van der Waals surface area contributed by atoms with Gasteiger partial charge in [-0.05, 0) is 25.5 Å². The number of hydrogen-bond donors (Lipinski definition) is 1. The normalized spacial score (nSPS) is 17.5. The predicted molar refractivity (Wildman–Crippen MR) is 113 cm³/mol. The topological polar surface area (TPSA) is 87.7 Å². The average Bonchev–Trinajstić information content (AvgIpc) is 3.25. The van der Waals surface area contributed by atoms with Crippen molar-refractivity contribution in [1.82, 2.24) is 14.9 Å². The molecular formula is C20H22F3N5O3S. The molecule has 1 N–H and O–H groups in total. The number of anilines is 2. The van der Waals surface area contributed by atoms with Crippen LogP contribution in [-0.2, 0) is 16.1 Å². The molecule has 12 heteroatoms. The molecule has 0 aromatic carbocycles. The summed E-state index contributed by atoms with van der Waals surface area (Å²) in [6.07, 6.45) is -4.53. The molecule has 1 saturated heterocycles. The van der Waals surface area contributed by atoms with Gasteiger partial charge < -0.3 is 19.9 Å². The molecule has 2 aliphatic heterocycles. The number of hydrogen-bond acceptors (Lipinski definition) is 7. The van der Waals surface area contributed by atoms with Gasteiger partial charge in [0, 0.05) is 26.6 Å². The second kappa shape index (κ2) is 8.32. The van der Waals surface area contributed by atoms with E-state index < -0.39 is 18.1 Å².